The molecule has 1 aliphatic heterocycles. The van der Waals surface area contributed by atoms with Crippen molar-refractivity contribution in [3.05, 3.63) is 41.6 Å². The van der Waals surface area contributed by atoms with Gasteiger partial charge < -0.3 is 10.5 Å². The first kappa shape index (κ1) is 9.77. The Labute approximate surface area is 88.5 Å². The van der Waals surface area contributed by atoms with Crippen molar-refractivity contribution in [2.45, 2.75) is 19.4 Å². The summed E-state index contributed by atoms with van der Waals surface area (Å²) in [5, 5.41) is 0. The molecule has 0 spiro atoms. The van der Waals surface area contributed by atoms with Crippen LogP contribution in [0.5, 0.6) is 5.75 Å². The number of fused-ring (bicyclic) bond motifs is 1. The highest BCUT2D eigenvalue weighted by atomic mass is 16.5. The molecule has 3 heteroatoms. The highest BCUT2D eigenvalue weighted by molar-refractivity contribution is 6.12. The number of nitrogens with two attached hydrogens (primary N) is 1. The zero-order valence-corrected chi connectivity index (χ0v) is 8.78. The molecule has 2 N–H and O–H groups in total. The van der Waals surface area contributed by atoms with Crippen LogP contribution in [0.4, 0.5) is 0 Å². The predicted octanol–water partition coefficient (Wildman–Crippen LogP) is 1.88. The van der Waals surface area contributed by atoms with Crippen molar-refractivity contribution in [3.63, 3.8) is 0 Å². The summed E-state index contributed by atoms with van der Waals surface area (Å²) >= 11 is 0. The topological polar surface area (TPSA) is 52.3 Å². The highest BCUT2D eigenvalue weighted by Gasteiger charge is 2.37. The molecule has 2 rings (SSSR count). The summed E-state index contributed by atoms with van der Waals surface area (Å²) in [7, 11) is 0. The second-order valence-electron chi connectivity index (χ2n) is 4.02. The van der Waals surface area contributed by atoms with Crippen LogP contribution in [0.2, 0.25) is 0 Å². The Kier molecular flexibility index (Phi) is 2.03. The summed E-state index contributed by atoms with van der Waals surface area (Å²) in [4.78, 5) is 12.0. The van der Waals surface area contributed by atoms with Gasteiger partial charge in [0.25, 0.3) is 0 Å². The average molecular weight is 203 g/mol. The van der Waals surface area contributed by atoms with Crippen LogP contribution in [0.15, 0.2) is 36.0 Å². The summed E-state index contributed by atoms with van der Waals surface area (Å²) in [5.74, 6) is 0.572. The number of para-hydroxylation sites is 1. The minimum absolute atomic E-state index is 0.0515. The van der Waals surface area contributed by atoms with E-state index in [4.69, 9.17) is 10.5 Å². The fraction of sp³-hybridized carbons (Fsp3) is 0.250. The maximum absolute atomic E-state index is 12.0. The van der Waals surface area contributed by atoms with Gasteiger partial charge in [-0.1, -0.05) is 12.1 Å². The molecule has 0 fully saturated rings. The molecule has 0 atom stereocenters. The Balaban J connectivity index is 2.61. The number of benzene rings is 1. The lowest BCUT2D eigenvalue weighted by molar-refractivity contribution is 0.0855. The Morgan fingerprint density at radius 2 is 2.00 bits per heavy atom. The number of rotatable bonds is 0. The third-order valence-electron chi connectivity index (χ3n) is 2.56. The number of carbonyl (C=O) groups excluding carboxylic acids is 1. The molecule has 1 heterocycles. The largest absolute Gasteiger partial charge is 0.482 e. The van der Waals surface area contributed by atoms with Gasteiger partial charge in [-0.3, -0.25) is 4.79 Å². The number of carbonyl (C=O) groups is 1. The predicted molar refractivity (Wildman–Crippen MR) is 57.7 cm³/mol. The van der Waals surface area contributed by atoms with E-state index in [1.807, 2.05) is 26.0 Å². The molecule has 0 saturated heterocycles. The molecular weight excluding hydrogens is 190 g/mol. The van der Waals surface area contributed by atoms with Crippen molar-refractivity contribution in [1.29, 1.82) is 0 Å². The van der Waals surface area contributed by atoms with E-state index < -0.39 is 5.60 Å². The number of ketones is 1. The van der Waals surface area contributed by atoms with Gasteiger partial charge >= 0.3 is 0 Å². The van der Waals surface area contributed by atoms with Gasteiger partial charge in [0.1, 0.15) is 11.4 Å². The molecular formula is C12H13NO2. The highest BCUT2D eigenvalue weighted by Crippen LogP contribution is 2.35. The molecule has 0 aliphatic carbocycles. The monoisotopic (exact) mass is 203 g/mol. The van der Waals surface area contributed by atoms with Gasteiger partial charge in [-0.15, -0.1) is 0 Å². The SMILES string of the molecule is CC1(C)Oc2ccccc2C(=O)/C1=C\N. The van der Waals surface area contributed by atoms with Crippen molar-refractivity contribution in [2.75, 3.05) is 0 Å². The molecule has 0 amide bonds. The van der Waals surface area contributed by atoms with Crippen LogP contribution in [0, 0.1) is 0 Å². The average Bonchev–Trinajstić information content (AvgIpc) is 2.17. The molecule has 0 saturated carbocycles. The summed E-state index contributed by atoms with van der Waals surface area (Å²) in [6.45, 7) is 3.67. The van der Waals surface area contributed by atoms with E-state index in [1.165, 1.54) is 6.20 Å². The molecule has 15 heavy (non-hydrogen) atoms. The van der Waals surface area contributed by atoms with Gasteiger partial charge in [0, 0.05) is 6.20 Å². The van der Waals surface area contributed by atoms with Crippen LogP contribution in [-0.2, 0) is 0 Å². The summed E-state index contributed by atoms with van der Waals surface area (Å²) in [6.07, 6.45) is 1.33. The molecule has 1 aliphatic rings. The Morgan fingerprint density at radius 1 is 1.33 bits per heavy atom. The molecule has 0 radical (unpaired) electrons. The summed E-state index contributed by atoms with van der Waals surface area (Å²) in [6, 6.07) is 7.20. The van der Waals surface area contributed by atoms with Crippen molar-refractivity contribution in [2.24, 2.45) is 5.73 Å². The minimum atomic E-state index is -0.653. The first-order chi connectivity index (χ1) is 7.06. The van der Waals surface area contributed by atoms with E-state index >= 15 is 0 Å². The van der Waals surface area contributed by atoms with Gasteiger partial charge in [-0.25, -0.2) is 0 Å². The second kappa shape index (κ2) is 3.12. The van der Waals surface area contributed by atoms with Crippen LogP contribution >= 0.6 is 0 Å². The second-order valence-corrected chi connectivity index (χ2v) is 4.02. The smallest absolute Gasteiger partial charge is 0.198 e. The third kappa shape index (κ3) is 1.40. The summed E-state index contributed by atoms with van der Waals surface area (Å²) < 4.78 is 5.72. The van der Waals surface area contributed by atoms with Gasteiger partial charge in [0.05, 0.1) is 11.1 Å². The van der Waals surface area contributed by atoms with E-state index in [-0.39, 0.29) is 5.78 Å². The molecule has 78 valence electrons. The van der Waals surface area contributed by atoms with Crippen molar-refractivity contribution >= 4 is 5.78 Å². The first-order valence-corrected chi connectivity index (χ1v) is 4.81. The minimum Gasteiger partial charge on any atom is -0.482 e. The normalized spacial score (nSPS) is 20.9. The van der Waals surface area contributed by atoms with Crippen LogP contribution < -0.4 is 10.5 Å². The van der Waals surface area contributed by atoms with Crippen LogP contribution in [0.3, 0.4) is 0 Å². The molecule has 0 aromatic heterocycles. The number of ether oxygens (including phenoxy) is 1. The number of hydrogen-bond acceptors (Lipinski definition) is 3. The summed E-state index contributed by atoms with van der Waals surface area (Å²) in [5.41, 5.74) is 5.89. The molecule has 0 bridgehead atoms. The van der Waals surface area contributed by atoms with E-state index in [1.54, 1.807) is 12.1 Å². The first-order valence-electron chi connectivity index (χ1n) is 4.81. The lowest BCUT2D eigenvalue weighted by atomic mass is 9.88. The standard InChI is InChI=1S/C12H13NO2/c1-12(2)9(7-13)11(14)8-5-3-4-6-10(8)15-12/h3-7H,13H2,1-2H3/b9-7+. The zero-order chi connectivity index (χ0) is 11.1. The maximum Gasteiger partial charge on any atom is 0.198 e. The van der Waals surface area contributed by atoms with Gasteiger partial charge in [0.2, 0.25) is 0 Å². The van der Waals surface area contributed by atoms with Crippen LogP contribution in [0.1, 0.15) is 24.2 Å². The van der Waals surface area contributed by atoms with Gasteiger partial charge in [0.15, 0.2) is 5.78 Å². The molecule has 1 aromatic rings. The zero-order valence-electron chi connectivity index (χ0n) is 8.78. The lowest BCUT2D eigenvalue weighted by Crippen LogP contribution is -2.39. The molecule has 3 nitrogen and oxygen atoms in total. The fourth-order valence-electron chi connectivity index (χ4n) is 1.77. The van der Waals surface area contributed by atoms with Crippen LogP contribution in [-0.4, -0.2) is 11.4 Å². The van der Waals surface area contributed by atoms with E-state index in [9.17, 15) is 4.79 Å². The number of hydrogen-bond donors (Lipinski definition) is 1. The molecule has 0 unspecified atom stereocenters. The number of Topliss-reactive ketones (excluding diaryl/α,β-unsaturated/α-hetero) is 1. The Bertz CT molecular complexity index is 447. The molecule has 1 aromatic carbocycles. The van der Waals surface area contributed by atoms with E-state index in [2.05, 4.69) is 0 Å². The van der Waals surface area contributed by atoms with E-state index in [0.29, 0.717) is 16.9 Å². The van der Waals surface area contributed by atoms with E-state index in [0.717, 1.165) is 0 Å². The lowest BCUT2D eigenvalue weighted by Gasteiger charge is -2.33. The van der Waals surface area contributed by atoms with Gasteiger partial charge in [-0.05, 0) is 26.0 Å². The quantitative estimate of drug-likeness (QED) is 0.655. The Morgan fingerprint density at radius 3 is 2.67 bits per heavy atom. The van der Waals surface area contributed by atoms with Crippen molar-refractivity contribution in [3.8, 4) is 5.75 Å². The van der Waals surface area contributed by atoms with Gasteiger partial charge in [-0.2, -0.15) is 0 Å². The maximum atomic E-state index is 12.0. The Hall–Kier alpha value is -1.77. The fourth-order valence-corrected chi connectivity index (χ4v) is 1.77. The third-order valence-corrected chi connectivity index (χ3v) is 2.56. The van der Waals surface area contributed by atoms with Crippen molar-refractivity contribution < 1.29 is 9.53 Å². The van der Waals surface area contributed by atoms with Crippen LogP contribution in [0.25, 0.3) is 0 Å². The van der Waals surface area contributed by atoms with Crippen molar-refractivity contribution in [1.82, 2.24) is 0 Å².